The minimum atomic E-state index is -3.30. The van der Waals surface area contributed by atoms with Crippen molar-refractivity contribution in [1.82, 2.24) is 4.31 Å². The summed E-state index contributed by atoms with van der Waals surface area (Å²) in [7, 11) is -0.349. The molecule has 0 unspecified atom stereocenters. The lowest BCUT2D eigenvalue weighted by Gasteiger charge is -2.11. The number of benzene rings is 1. The van der Waals surface area contributed by atoms with Crippen LogP contribution in [0, 0.1) is 11.3 Å². The second-order valence-corrected chi connectivity index (χ2v) is 5.49. The Bertz CT molecular complexity index is 486. The van der Waals surface area contributed by atoms with Gasteiger partial charge in [-0.1, -0.05) is 18.2 Å². The first kappa shape index (κ1) is 11.7. The minimum Gasteiger partial charge on any atom is -0.212 e. The standard InChI is InChI=1S/C10H12N2O2S/c1-12(2)15(13,14)8-10-6-4-3-5-9(10)7-11/h3-6H,8H2,1-2H3. The Labute approximate surface area is 89.8 Å². The summed E-state index contributed by atoms with van der Waals surface area (Å²) in [5.74, 6) is -0.135. The van der Waals surface area contributed by atoms with Crippen LogP contribution in [0.25, 0.3) is 0 Å². The highest BCUT2D eigenvalue weighted by Gasteiger charge is 2.16. The van der Waals surface area contributed by atoms with Crippen molar-refractivity contribution in [2.75, 3.05) is 14.1 Å². The minimum absolute atomic E-state index is 0.135. The van der Waals surface area contributed by atoms with Crippen molar-refractivity contribution >= 4 is 10.0 Å². The fourth-order valence-corrected chi connectivity index (χ4v) is 1.98. The Morgan fingerprint density at radius 1 is 1.33 bits per heavy atom. The molecule has 0 fully saturated rings. The van der Waals surface area contributed by atoms with E-state index in [-0.39, 0.29) is 5.75 Å². The Morgan fingerprint density at radius 2 is 1.93 bits per heavy atom. The summed E-state index contributed by atoms with van der Waals surface area (Å²) in [6.45, 7) is 0. The first-order valence-electron chi connectivity index (χ1n) is 4.35. The van der Waals surface area contributed by atoms with E-state index in [9.17, 15) is 8.42 Å². The van der Waals surface area contributed by atoms with Gasteiger partial charge in [-0.3, -0.25) is 0 Å². The van der Waals surface area contributed by atoms with E-state index in [1.807, 2.05) is 6.07 Å². The molecule has 0 saturated carbocycles. The number of nitrogens with zero attached hydrogens (tertiary/aromatic N) is 2. The van der Waals surface area contributed by atoms with E-state index >= 15 is 0 Å². The molecule has 0 aliphatic heterocycles. The van der Waals surface area contributed by atoms with Crippen LogP contribution in [-0.2, 0) is 15.8 Å². The van der Waals surface area contributed by atoms with E-state index in [0.29, 0.717) is 11.1 Å². The average molecular weight is 224 g/mol. The second-order valence-electron chi connectivity index (χ2n) is 3.31. The number of nitriles is 1. The molecule has 1 aromatic rings. The third kappa shape index (κ3) is 2.78. The van der Waals surface area contributed by atoms with Crippen LogP contribution in [0.3, 0.4) is 0 Å². The number of sulfonamides is 1. The van der Waals surface area contributed by atoms with Crippen molar-refractivity contribution in [3.8, 4) is 6.07 Å². The van der Waals surface area contributed by atoms with Crippen LogP contribution >= 0.6 is 0 Å². The molecular formula is C10H12N2O2S. The molecule has 0 heterocycles. The smallest absolute Gasteiger partial charge is 0.212 e. The number of rotatable bonds is 3. The van der Waals surface area contributed by atoms with E-state index in [2.05, 4.69) is 0 Å². The quantitative estimate of drug-likeness (QED) is 0.768. The molecule has 0 aliphatic carbocycles. The summed E-state index contributed by atoms with van der Waals surface area (Å²) in [5.41, 5.74) is 0.941. The highest BCUT2D eigenvalue weighted by molar-refractivity contribution is 7.88. The summed E-state index contributed by atoms with van der Waals surface area (Å²) in [5, 5.41) is 8.80. The largest absolute Gasteiger partial charge is 0.217 e. The van der Waals surface area contributed by atoms with Gasteiger partial charge in [-0.15, -0.1) is 0 Å². The number of hydrogen-bond acceptors (Lipinski definition) is 3. The Kier molecular flexibility index (Phi) is 3.45. The first-order valence-corrected chi connectivity index (χ1v) is 5.96. The lowest BCUT2D eigenvalue weighted by Crippen LogP contribution is -2.24. The van der Waals surface area contributed by atoms with Gasteiger partial charge in [-0.25, -0.2) is 12.7 Å². The molecule has 1 aromatic carbocycles. The number of hydrogen-bond donors (Lipinski definition) is 0. The lowest BCUT2D eigenvalue weighted by molar-refractivity contribution is 0.519. The Morgan fingerprint density at radius 3 is 2.47 bits per heavy atom. The van der Waals surface area contributed by atoms with Crippen molar-refractivity contribution in [3.63, 3.8) is 0 Å². The molecule has 15 heavy (non-hydrogen) atoms. The van der Waals surface area contributed by atoms with Gasteiger partial charge in [0, 0.05) is 14.1 Å². The van der Waals surface area contributed by atoms with Gasteiger partial charge in [0.1, 0.15) is 0 Å². The SMILES string of the molecule is CN(C)S(=O)(=O)Cc1ccccc1C#N. The van der Waals surface area contributed by atoms with Crippen LogP contribution < -0.4 is 0 Å². The lowest BCUT2D eigenvalue weighted by atomic mass is 10.1. The van der Waals surface area contributed by atoms with Gasteiger partial charge in [-0.2, -0.15) is 5.26 Å². The highest BCUT2D eigenvalue weighted by atomic mass is 32.2. The zero-order valence-electron chi connectivity index (χ0n) is 8.64. The molecule has 0 atom stereocenters. The third-order valence-electron chi connectivity index (χ3n) is 2.03. The van der Waals surface area contributed by atoms with E-state index in [4.69, 9.17) is 5.26 Å². The van der Waals surface area contributed by atoms with Crippen molar-refractivity contribution in [2.45, 2.75) is 5.75 Å². The van der Waals surface area contributed by atoms with E-state index < -0.39 is 10.0 Å². The maximum atomic E-state index is 11.6. The van der Waals surface area contributed by atoms with Gasteiger partial charge in [0.25, 0.3) is 0 Å². The first-order chi connectivity index (χ1) is 6.97. The molecule has 1 rings (SSSR count). The summed E-state index contributed by atoms with van der Waals surface area (Å²) in [6, 6.07) is 8.67. The maximum absolute atomic E-state index is 11.6. The molecule has 0 spiro atoms. The van der Waals surface area contributed by atoms with Crippen LogP contribution in [0.5, 0.6) is 0 Å². The Balaban J connectivity index is 3.06. The Hall–Kier alpha value is -1.38. The molecule has 4 nitrogen and oxygen atoms in total. The molecule has 0 radical (unpaired) electrons. The molecule has 0 amide bonds. The summed E-state index contributed by atoms with van der Waals surface area (Å²) in [4.78, 5) is 0. The van der Waals surface area contributed by atoms with Gasteiger partial charge >= 0.3 is 0 Å². The topological polar surface area (TPSA) is 61.2 Å². The predicted octanol–water partition coefficient (Wildman–Crippen LogP) is 0.950. The maximum Gasteiger partial charge on any atom is 0.217 e. The van der Waals surface area contributed by atoms with E-state index in [1.165, 1.54) is 14.1 Å². The predicted molar refractivity (Wildman–Crippen MR) is 57.5 cm³/mol. The zero-order valence-corrected chi connectivity index (χ0v) is 9.45. The van der Waals surface area contributed by atoms with Crippen LogP contribution in [0.1, 0.15) is 11.1 Å². The fraction of sp³-hybridized carbons (Fsp3) is 0.300. The molecule has 0 N–H and O–H groups in total. The molecule has 0 saturated heterocycles. The van der Waals surface area contributed by atoms with Crippen LogP contribution in [0.2, 0.25) is 0 Å². The highest BCUT2D eigenvalue weighted by Crippen LogP contribution is 2.12. The zero-order chi connectivity index (χ0) is 11.5. The van der Waals surface area contributed by atoms with E-state index in [0.717, 1.165) is 4.31 Å². The average Bonchev–Trinajstić information content (AvgIpc) is 2.18. The van der Waals surface area contributed by atoms with Gasteiger partial charge in [0.2, 0.25) is 10.0 Å². The molecule has 5 heteroatoms. The molecule has 0 aliphatic rings. The van der Waals surface area contributed by atoms with Crippen molar-refractivity contribution in [1.29, 1.82) is 5.26 Å². The molecule has 0 aromatic heterocycles. The van der Waals surface area contributed by atoms with Crippen LogP contribution in [0.4, 0.5) is 0 Å². The summed E-state index contributed by atoms with van der Waals surface area (Å²) < 4.78 is 24.3. The van der Waals surface area contributed by atoms with Gasteiger partial charge in [0.15, 0.2) is 0 Å². The van der Waals surface area contributed by atoms with Crippen molar-refractivity contribution < 1.29 is 8.42 Å². The molecular weight excluding hydrogens is 212 g/mol. The van der Waals surface area contributed by atoms with Crippen LogP contribution in [0.15, 0.2) is 24.3 Å². The fourth-order valence-electron chi connectivity index (χ4n) is 1.08. The second kappa shape index (κ2) is 4.43. The van der Waals surface area contributed by atoms with Gasteiger partial charge in [0.05, 0.1) is 17.4 Å². The van der Waals surface area contributed by atoms with Crippen molar-refractivity contribution in [3.05, 3.63) is 35.4 Å². The van der Waals surface area contributed by atoms with Crippen molar-refractivity contribution in [2.24, 2.45) is 0 Å². The van der Waals surface area contributed by atoms with Gasteiger partial charge in [-0.05, 0) is 11.6 Å². The van der Waals surface area contributed by atoms with E-state index in [1.54, 1.807) is 24.3 Å². The summed E-state index contributed by atoms with van der Waals surface area (Å²) in [6.07, 6.45) is 0. The monoisotopic (exact) mass is 224 g/mol. The normalized spacial score (nSPS) is 11.3. The third-order valence-corrected chi connectivity index (χ3v) is 3.82. The summed E-state index contributed by atoms with van der Waals surface area (Å²) >= 11 is 0. The molecule has 0 bridgehead atoms. The van der Waals surface area contributed by atoms with Crippen LogP contribution in [-0.4, -0.2) is 26.8 Å². The molecule has 80 valence electrons. The van der Waals surface area contributed by atoms with Gasteiger partial charge < -0.3 is 0 Å².